The van der Waals surface area contributed by atoms with Crippen molar-refractivity contribution >= 4 is 76.2 Å². The third kappa shape index (κ3) is 2.39. The zero-order chi connectivity index (χ0) is 14.4. The second-order valence-electron chi connectivity index (χ2n) is 5.42. The predicted molar refractivity (Wildman–Crippen MR) is 106 cm³/mol. The van der Waals surface area contributed by atoms with Gasteiger partial charge < -0.3 is 0 Å². The molecule has 0 radical (unpaired) electrons. The molecule has 0 aliphatic carbocycles. The van der Waals surface area contributed by atoms with Crippen molar-refractivity contribution in [1.82, 2.24) is 0 Å². The van der Waals surface area contributed by atoms with Gasteiger partial charge in [0.1, 0.15) is 0 Å². The van der Waals surface area contributed by atoms with Gasteiger partial charge in [-0.2, -0.15) is 0 Å². The first-order chi connectivity index (χ1) is 10.3. The van der Waals surface area contributed by atoms with E-state index in [1.165, 1.54) is 58.0 Å². The molecule has 4 aromatic rings. The van der Waals surface area contributed by atoms with Crippen LogP contribution in [0.5, 0.6) is 0 Å². The van der Waals surface area contributed by atoms with E-state index in [9.17, 15) is 0 Å². The van der Waals surface area contributed by atoms with Gasteiger partial charge in [0, 0.05) is 25.0 Å². The summed E-state index contributed by atoms with van der Waals surface area (Å²) in [5, 5.41) is 5.66. The maximum atomic E-state index is 2.42. The molecule has 0 unspecified atom stereocenters. The van der Waals surface area contributed by atoms with Crippen molar-refractivity contribution in [3.8, 4) is 0 Å². The largest absolute Gasteiger partial charge is 0.140 e. The van der Waals surface area contributed by atoms with Crippen LogP contribution in [0.4, 0.5) is 0 Å². The van der Waals surface area contributed by atoms with Crippen LogP contribution in [-0.4, -0.2) is 0 Å². The van der Waals surface area contributed by atoms with Crippen molar-refractivity contribution < 1.29 is 0 Å². The van der Waals surface area contributed by atoms with Gasteiger partial charge in [-0.15, -0.1) is 22.7 Å². The molecule has 21 heavy (non-hydrogen) atoms. The molecule has 0 saturated carbocycles. The molecule has 0 N–H and O–H groups in total. The average molecular weight is 422 g/mol. The Morgan fingerprint density at radius 1 is 0.857 bits per heavy atom. The molecule has 2 aromatic carbocycles. The Kier molecular flexibility index (Phi) is 3.67. The molecule has 3 heteroatoms. The number of unbranched alkanes of at least 4 members (excludes halogenated alkanes) is 1. The van der Waals surface area contributed by atoms with Crippen molar-refractivity contribution in [2.24, 2.45) is 0 Å². The fourth-order valence-electron chi connectivity index (χ4n) is 2.94. The smallest absolute Gasteiger partial charge is 0.0666 e. The van der Waals surface area contributed by atoms with E-state index in [2.05, 4.69) is 65.9 Å². The highest BCUT2D eigenvalue weighted by molar-refractivity contribution is 14.1. The SMILES string of the molecule is CCCCc1cc2c(ccc3c4cc(I)sc4ccc23)s1. The summed E-state index contributed by atoms with van der Waals surface area (Å²) < 4.78 is 4.19. The van der Waals surface area contributed by atoms with Gasteiger partial charge in [-0.1, -0.05) is 25.5 Å². The number of hydrogen-bond donors (Lipinski definition) is 0. The van der Waals surface area contributed by atoms with E-state index in [-0.39, 0.29) is 0 Å². The van der Waals surface area contributed by atoms with Crippen LogP contribution in [0.15, 0.2) is 36.4 Å². The zero-order valence-electron chi connectivity index (χ0n) is 11.8. The lowest BCUT2D eigenvalue weighted by Gasteiger charge is -2.01. The number of aryl methyl sites for hydroxylation is 1. The lowest BCUT2D eigenvalue weighted by Crippen LogP contribution is -1.77. The Balaban J connectivity index is 1.99. The Labute approximate surface area is 145 Å². The maximum absolute atomic E-state index is 2.42. The fraction of sp³-hybridized carbons (Fsp3) is 0.222. The number of halogens is 1. The second-order valence-corrected chi connectivity index (χ2v) is 9.56. The van der Waals surface area contributed by atoms with Crippen LogP contribution in [0, 0.1) is 2.88 Å². The monoisotopic (exact) mass is 422 g/mol. The number of thiophene rings is 2. The van der Waals surface area contributed by atoms with Crippen molar-refractivity contribution in [1.29, 1.82) is 0 Å². The van der Waals surface area contributed by atoms with Crippen LogP contribution in [-0.2, 0) is 6.42 Å². The minimum atomic E-state index is 1.22. The summed E-state index contributed by atoms with van der Waals surface area (Å²) in [6, 6.07) is 13.9. The van der Waals surface area contributed by atoms with Crippen molar-refractivity contribution in [2.75, 3.05) is 0 Å². The molecular formula is C18H15IS2. The molecule has 4 rings (SSSR count). The third-order valence-electron chi connectivity index (χ3n) is 3.99. The number of rotatable bonds is 3. The van der Waals surface area contributed by atoms with Gasteiger partial charge in [-0.05, 0) is 70.5 Å². The van der Waals surface area contributed by atoms with Gasteiger partial charge in [0.25, 0.3) is 0 Å². The molecule has 0 saturated heterocycles. The van der Waals surface area contributed by atoms with Gasteiger partial charge in [0.15, 0.2) is 0 Å². The molecule has 0 bridgehead atoms. The molecular weight excluding hydrogens is 407 g/mol. The molecule has 0 spiro atoms. The van der Waals surface area contributed by atoms with Crippen molar-refractivity contribution in [3.63, 3.8) is 0 Å². The van der Waals surface area contributed by atoms with E-state index in [0.29, 0.717) is 0 Å². The highest BCUT2D eigenvalue weighted by Gasteiger charge is 2.09. The lowest BCUT2D eigenvalue weighted by atomic mass is 10.0. The number of hydrogen-bond acceptors (Lipinski definition) is 2. The Morgan fingerprint density at radius 3 is 2.24 bits per heavy atom. The van der Waals surface area contributed by atoms with E-state index in [1.54, 1.807) is 0 Å². The van der Waals surface area contributed by atoms with Gasteiger partial charge >= 0.3 is 0 Å². The van der Waals surface area contributed by atoms with E-state index >= 15 is 0 Å². The quantitative estimate of drug-likeness (QED) is 0.306. The standard InChI is InChI=1S/C18H15IS2/c1-2-3-4-11-9-14-12-6-8-17-15(10-18(19)21-17)13(12)5-7-16(14)20-11/h5-10H,2-4H2,1H3. The summed E-state index contributed by atoms with van der Waals surface area (Å²) in [4.78, 5) is 1.53. The normalized spacial score (nSPS) is 11.9. The summed E-state index contributed by atoms with van der Waals surface area (Å²) >= 11 is 6.27. The highest BCUT2D eigenvalue weighted by atomic mass is 127. The molecule has 0 nitrogen and oxygen atoms in total. The van der Waals surface area contributed by atoms with Crippen molar-refractivity contribution in [2.45, 2.75) is 26.2 Å². The van der Waals surface area contributed by atoms with E-state index < -0.39 is 0 Å². The first-order valence-electron chi connectivity index (χ1n) is 7.29. The number of benzene rings is 2. The molecule has 0 aliphatic heterocycles. The Hall–Kier alpha value is -0.650. The van der Waals surface area contributed by atoms with Crippen LogP contribution >= 0.6 is 45.3 Å². The molecule has 106 valence electrons. The Bertz CT molecular complexity index is 946. The van der Waals surface area contributed by atoms with E-state index in [4.69, 9.17) is 0 Å². The molecule has 0 fully saturated rings. The third-order valence-corrected chi connectivity index (χ3v) is 7.01. The summed E-state index contributed by atoms with van der Waals surface area (Å²) in [7, 11) is 0. The fourth-order valence-corrected chi connectivity index (χ4v) is 5.89. The number of fused-ring (bicyclic) bond motifs is 5. The maximum Gasteiger partial charge on any atom is 0.0666 e. The van der Waals surface area contributed by atoms with Crippen LogP contribution in [0.1, 0.15) is 24.6 Å². The zero-order valence-corrected chi connectivity index (χ0v) is 15.6. The van der Waals surface area contributed by atoms with Crippen molar-refractivity contribution in [3.05, 3.63) is 44.2 Å². The second kappa shape index (κ2) is 5.52. The summed E-state index contributed by atoms with van der Waals surface area (Å²) in [6.07, 6.45) is 3.77. The lowest BCUT2D eigenvalue weighted by molar-refractivity contribution is 0.804. The predicted octanol–water partition coefficient (Wildman–Crippen LogP) is 7.22. The molecule has 0 amide bonds. The highest BCUT2D eigenvalue weighted by Crippen LogP contribution is 2.38. The molecule has 2 aromatic heterocycles. The first-order valence-corrected chi connectivity index (χ1v) is 10.0. The van der Waals surface area contributed by atoms with Crippen LogP contribution in [0.25, 0.3) is 30.9 Å². The van der Waals surface area contributed by atoms with Crippen LogP contribution < -0.4 is 0 Å². The average Bonchev–Trinajstić information content (AvgIpc) is 3.06. The van der Waals surface area contributed by atoms with E-state index in [0.717, 1.165) is 0 Å². The molecule has 0 atom stereocenters. The first kappa shape index (κ1) is 14.0. The van der Waals surface area contributed by atoms with Crippen LogP contribution in [0.2, 0.25) is 0 Å². The van der Waals surface area contributed by atoms with Gasteiger partial charge in [-0.3, -0.25) is 0 Å². The summed E-state index contributed by atoms with van der Waals surface area (Å²) in [6.45, 7) is 2.26. The summed E-state index contributed by atoms with van der Waals surface area (Å²) in [5.74, 6) is 0. The molecule has 0 aliphatic rings. The van der Waals surface area contributed by atoms with Crippen LogP contribution in [0.3, 0.4) is 0 Å². The minimum absolute atomic E-state index is 1.22. The minimum Gasteiger partial charge on any atom is -0.140 e. The van der Waals surface area contributed by atoms with Gasteiger partial charge in [0.2, 0.25) is 0 Å². The Morgan fingerprint density at radius 2 is 1.52 bits per heavy atom. The molecule has 2 heterocycles. The van der Waals surface area contributed by atoms with Gasteiger partial charge in [-0.25, -0.2) is 0 Å². The van der Waals surface area contributed by atoms with Gasteiger partial charge in [0.05, 0.1) is 2.88 Å². The summed E-state index contributed by atoms with van der Waals surface area (Å²) in [5.41, 5.74) is 0. The topological polar surface area (TPSA) is 0 Å². The van der Waals surface area contributed by atoms with E-state index in [1.807, 2.05) is 22.7 Å².